The number of hydrogen-bond acceptors (Lipinski definition) is 7. The molecular formula is C21H23FN6O5. The van der Waals surface area contributed by atoms with Crippen molar-refractivity contribution in [1.29, 1.82) is 0 Å². The summed E-state index contributed by atoms with van der Waals surface area (Å²) in [6.45, 7) is 4.28. The van der Waals surface area contributed by atoms with Crippen molar-refractivity contribution in [2.24, 2.45) is 0 Å². The van der Waals surface area contributed by atoms with E-state index in [4.69, 9.17) is 9.84 Å². The summed E-state index contributed by atoms with van der Waals surface area (Å²) in [5, 5.41) is 26.5. The predicted octanol–water partition coefficient (Wildman–Crippen LogP) is 3.33. The van der Waals surface area contributed by atoms with Crippen molar-refractivity contribution in [3.8, 4) is 5.75 Å². The van der Waals surface area contributed by atoms with Crippen LogP contribution in [0.1, 0.15) is 37.4 Å². The molecule has 1 amide bonds. The van der Waals surface area contributed by atoms with E-state index in [2.05, 4.69) is 15.4 Å². The summed E-state index contributed by atoms with van der Waals surface area (Å²) in [6, 6.07) is 3.81. The second-order valence-electron chi connectivity index (χ2n) is 7.91. The van der Waals surface area contributed by atoms with Crippen LogP contribution in [0.2, 0.25) is 0 Å². The summed E-state index contributed by atoms with van der Waals surface area (Å²) in [6.07, 6.45) is 2.82. The van der Waals surface area contributed by atoms with E-state index in [1.165, 1.54) is 28.9 Å². The van der Waals surface area contributed by atoms with Crippen molar-refractivity contribution >= 4 is 23.2 Å². The molecule has 0 fully saturated rings. The second-order valence-corrected chi connectivity index (χ2v) is 7.91. The molecule has 0 bridgehead atoms. The number of fused-ring (bicyclic) bond motifs is 2. The molecule has 0 saturated heterocycles. The molecule has 1 aliphatic heterocycles. The lowest BCUT2D eigenvalue weighted by Gasteiger charge is -2.36. The number of nitrogens with one attached hydrogen (secondary N) is 1. The van der Waals surface area contributed by atoms with E-state index in [1.807, 2.05) is 11.8 Å². The molecule has 33 heavy (non-hydrogen) atoms. The number of amides is 1. The Hall–Kier alpha value is -3.96. The van der Waals surface area contributed by atoms with Gasteiger partial charge in [-0.25, -0.2) is 18.7 Å². The van der Waals surface area contributed by atoms with Gasteiger partial charge in [0.2, 0.25) is 5.65 Å². The average molecular weight is 458 g/mol. The van der Waals surface area contributed by atoms with Crippen LogP contribution in [0.3, 0.4) is 0 Å². The van der Waals surface area contributed by atoms with Crippen molar-refractivity contribution in [1.82, 2.24) is 19.9 Å². The van der Waals surface area contributed by atoms with E-state index in [9.17, 15) is 19.3 Å². The SMILES string of the molecule is C[C@H](c1cc(F)ccc1O[C@@H](C)CNC(=O)O)N1CCCc2cn3ncc([N+](=O)[O-])c3nc21. The van der Waals surface area contributed by atoms with E-state index in [1.54, 1.807) is 13.1 Å². The highest BCUT2D eigenvalue weighted by Crippen LogP contribution is 2.37. The lowest BCUT2D eigenvalue weighted by Crippen LogP contribution is -2.35. The van der Waals surface area contributed by atoms with Crippen LogP contribution in [0.15, 0.2) is 30.6 Å². The summed E-state index contributed by atoms with van der Waals surface area (Å²) in [7, 11) is 0. The minimum Gasteiger partial charge on any atom is -0.489 e. The maximum Gasteiger partial charge on any atom is 0.404 e. The van der Waals surface area contributed by atoms with E-state index < -0.39 is 22.9 Å². The Kier molecular flexibility index (Phi) is 5.99. The zero-order valence-electron chi connectivity index (χ0n) is 18.1. The van der Waals surface area contributed by atoms with E-state index >= 15 is 0 Å². The molecule has 174 valence electrons. The number of anilines is 1. The molecule has 12 heteroatoms. The van der Waals surface area contributed by atoms with Gasteiger partial charge in [0, 0.05) is 23.9 Å². The third-order valence-corrected chi connectivity index (χ3v) is 5.60. The fraction of sp³-hybridized carbons (Fsp3) is 0.381. The Morgan fingerprint density at radius 1 is 1.42 bits per heavy atom. The van der Waals surface area contributed by atoms with E-state index in [0.717, 1.165) is 18.4 Å². The van der Waals surface area contributed by atoms with Crippen molar-refractivity contribution in [3.05, 3.63) is 57.7 Å². The molecule has 0 radical (unpaired) electrons. The average Bonchev–Trinajstić information content (AvgIpc) is 3.19. The van der Waals surface area contributed by atoms with Crippen LogP contribution in [0, 0.1) is 15.9 Å². The number of nitro groups is 1. The smallest absolute Gasteiger partial charge is 0.404 e. The van der Waals surface area contributed by atoms with Gasteiger partial charge in [-0.1, -0.05) is 0 Å². The summed E-state index contributed by atoms with van der Waals surface area (Å²) < 4.78 is 21.5. The van der Waals surface area contributed by atoms with Gasteiger partial charge in [-0.2, -0.15) is 5.10 Å². The van der Waals surface area contributed by atoms with Crippen LogP contribution >= 0.6 is 0 Å². The molecule has 1 aromatic carbocycles. The first-order valence-corrected chi connectivity index (χ1v) is 10.5. The third-order valence-electron chi connectivity index (χ3n) is 5.60. The molecule has 2 N–H and O–H groups in total. The maximum absolute atomic E-state index is 14.2. The minimum atomic E-state index is -1.16. The van der Waals surface area contributed by atoms with E-state index in [-0.39, 0.29) is 23.9 Å². The Morgan fingerprint density at radius 3 is 2.94 bits per heavy atom. The standard InChI is InChI=1S/C21H23FN6O5/c1-12(9-23-21(29)30)33-18-6-5-15(22)8-16(18)13(2)26-7-3-4-14-11-27-20(25-19(14)26)17(10-24-27)28(31)32/h5-6,8,10-13,23H,3-4,7,9H2,1-2H3,(H,29,30)/t12-,13+/m0/s1. The zero-order valence-corrected chi connectivity index (χ0v) is 18.1. The van der Waals surface area contributed by atoms with Crippen LogP contribution in [0.25, 0.3) is 5.65 Å². The lowest BCUT2D eigenvalue weighted by molar-refractivity contribution is -0.383. The van der Waals surface area contributed by atoms with Gasteiger partial charge in [0.15, 0.2) is 0 Å². The van der Waals surface area contributed by atoms with Crippen molar-refractivity contribution in [3.63, 3.8) is 0 Å². The van der Waals surface area contributed by atoms with Crippen molar-refractivity contribution in [2.45, 2.75) is 38.8 Å². The van der Waals surface area contributed by atoms with Crippen LogP contribution in [-0.4, -0.2) is 49.9 Å². The summed E-state index contributed by atoms with van der Waals surface area (Å²) in [5.74, 6) is 0.570. The van der Waals surface area contributed by atoms with Gasteiger partial charge in [0.25, 0.3) is 0 Å². The monoisotopic (exact) mass is 458 g/mol. The number of carbonyl (C=O) groups is 1. The summed E-state index contributed by atoms with van der Waals surface area (Å²) in [5.41, 5.74) is 1.40. The van der Waals surface area contributed by atoms with Crippen LogP contribution in [0.4, 0.5) is 20.7 Å². The predicted molar refractivity (Wildman–Crippen MR) is 116 cm³/mol. The first-order chi connectivity index (χ1) is 15.7. The van der Waals surface area contributed by atoms with Gasteiger partial charge in [-0.3, -0.25) is 10.1 Å². The van der Waals surface area contributed by atoms with Gasteiger partial charge in [0.05, 0.1) is 17.5 Å². The van der Waals surface area contributed by atoms with Gasteiger partial charge in [-0.15, -0.1) is 0 Å². The molecule has 0 aliphatic carbocycles. The Bertz CT molecular complexity index is 1220. The Balaban J connectivity index is 1.69. The minimum absolute atomic E-state index is 0.0670. The number of benzene rings is 1. The molecule has 2 atom stereocenters. The Labute approximate surface area is 187 Å². The molecule has 3 heterocycles. The number of ether oxygens (including phenoxy) is 1. The largest absolute Gasteiger partial charge is 0.489 e. The number of hydrogen-bond donors (Lipinski definition) is 2. The van der Waals surface area contributed by atoms with Gasteiger partial charge < -0.3 is 20.1 Å². The zero-order chi connectivity index (χ0) is 23.7. The van der Waals surface area contributed by atoms with E-state index in [0.29, 0.717) is 23.7 Å². The number of rotatable bonds is 7. The summed E-state index contributed by atoms with van der Waals surface area (Å²) >= 11 is 0. The molecule has 11 nitrogen and oxygen atoms in total. The third kappa shape index (κ3) is 4.49. The number of halogens is 1. The topological polar surface area (TPSA) is 135 Å². The van der Waals surface area contributed by atoms with Gasteiger partial charge in [-0.05, 0) is 44.9 Å². The molecule has 0 spiro atoms. The number of aromatic nitrogens is 3. The lowest BCUT2D eigenvalue weighted by atomic mass is 10.0. The highest BCUT2D eigenvalue weighted by Gasteiger charge is 2.29. The van der Waals surface area contributed by atoms with Crippen molar-refractivity contribution in [2.75, 3.05) is 18.0 Å². The fourth-order valence-corrected chi connectivity index (χ4v) is 4.01. The maximum atomic E-state index is 14.2. The van der Waals surface area contributed by atoms with Crippen LogP contribution in [0.5, 0.6) is 5.75 Å². The van der Waals surface area contributed by atoms with Crippen molar-refractivity contribution < 1.29 is 24.0 Å². The Morgan fingerprint density at radius 2 is 2.21 bits per heavy atom. The van der Waals surface area contributed by atoms with Gasteiger partial charge in [0.1, 0.15) is 29.7 Å². The molecule has 0 unspecified atom stereocenters. The van der Waals surface area contributed by atoms with Gasteiger partial charge >= 0.3 is 11.8 Å². The first-order valence-electron chi connectivity index (χ1n) is 10.5. The molecule has 1 aliphatic rings. The normalized spacial score (nSPS) is 15.1. The van der Waals surface area contributed by atoms with Crippen LogP contribution in [-0.2, 0) is 6.42 Å². The first kappa shape index (κ1) is 22.2. The molecule has 2 aromatic heterocycles. The number of aryl methyl sites for hydroxylation is 1. The molecule has 3 aromatic rings. The molecule has 0 saturated carbocycles. The number of nitrogens with zero attached hydrogens (tertiary/aromatic N) is 5. The molecular weight excluding hydrogens is 435 g/mol. The molecule has 4 rings (SSSR count). The second kappa shape index (κ2) is 8.88. The highest BCUT2D eigenvalue weighted by molar-refractivity contribution is 5.65. The fourth-order valence-electron chi connectivity index (χ4n) is 4.01. The summed E-state index contributed by atoms with van der Waals surface area (Å²) in [4.78, 5) is 28.1. The highest BCUT2D eigenvalue weighted by atomic mass is 19.1. The van der Waals surface area contributed by atoms with Crippen LogP contribution < -0.4 is 15.0 Å². The number of carboxylic acid groups (broad SMARTS) is 1. The quantitative estimate of drug-likeness (QED) is 0.407.